The van der Waals surface area contributed by atoms with Crippen molar-refractivity contribution in [1.29, 1.82) is 0 Å². The monoisotopic (exact) mass is 277 g/mol. The lowest BCUT2D eigenvalue weighted by molar-refractivity contribution is 0.0953. The molecule has 20 heavy (non-hydrogen) atoms. The minimum absolute atomic E-state index is 0.00208. The molecule has 0 aromatic carbocycles. The summed E-state index contributed by atoms with van der Waals surface area (Å²) in [5.41, 5.74) is 1.69. The summed E-state index contributed by atoms with van der Waals surface area (Å²) < 4.78 is 0. The van der Waals surface area contributed by atoms with E-state index in [1.807, 2.05) is 12.1 Å². The fourth-order valence-electron chi connectivity index (χ4n) is 1.93. The van der Waals surface area contributed by atoms with Crippen LogP contribution in [0.5, 0.6) is 0 Å². The molecule has 112 valence electrons. The number of rotatable bonds is 9. The molecule has 1 rings (SSSR count). The molecule has 0 radical (unpaired) electrons. The highest BCUT2D eigenvalue weighted by molar-refractivity contribution is 5.95. The van der Waals surface area contributed by atoms with E-state index >= 15 is 0 Å². The Balaban J connectivity index is 2.81. The number of nitrogens with zero attached hydrogens (tertiary/aromatic N) is 1. The Bertz CT molecular complexity index is 418. The first-order chi connectivity index (χ1) is 9.71. The maximum atomic E-state index is 12.1. The smallest absolute Gasteiger partial charge is 0.251 e. The molecule has 2 N–H and O–H groups in total. The molecule has 0 atom stereocenters. The number of unbranched alkanes of at least 4 members (excludes halogenated alkanes) is 1. The van der Waals surface area contributed by atoms with Gasteiger partial charge in [0.2, 0.25) is 0 Å². The number of aromatic nitrogens is 1. The first-order valence-electron chi connectivity index (χ1n) is 7.74. The zero-order valence-electron chi connectivity index (χ0n) is 13.0. The van der Waals surface area contributed by atoms with Crippen molar-refractivity contribution in [3.63, 3.8) is 0 Å². The topological polar surface area (TPSA) is 54.0 Å². The molecule has 0 saturated heterocycles. The maximum Gasteiger partial charge on any atom is 0.251 e. The Morgan fingerprint density at radius 3 is 2.55 bits per heavy atom. The Hall–Kier alpha value is -1.58. The van der Waals surface area contributed by atoms with Crippen molar-refractivity contribution in [2.45, 2.75) is 52.9 Å². The molecule has 1 heterocycles. The summed E-state index contributed by atoms with van der Waals surface area (Å²) >= 11 is 0. The molecule has 0 aliphatic rings. The van der Waals surface area contributed by atoms with Gasteiger partial charge in [0, 0.05) is 24.3 Å². The number of carbonyl (C=O) groups excluding carboxylic acids is 1. The van der Waals surface area contributed by atoms with E-state index in [0.29, 0.717) is 5.56 Å². The second kappa shape index (κ2) is 9.34. The Labute approximate surface area is 122 Å². The van der Waals surface area contributed by atoms with Crippen LogP contribution in [-0.2, 0) is 6.42 Å². The van der Waals surface area contributed by atoms with Crippen molar-refractivity contribution >= 4 is 11.7 Å². The van der Waals surface area contributed by atoms with E-state index < -0.39 is 0 Å². The first kappa shape index (κ1) is 16.5. The van der Waals surface area contributed by atoms with Crippen LogP contribution < -0.4 is 10.6 Å². The van der Waals surface area contributed by atoms with E-state index in [-0.39, 0.29) is 5.91 Å². The summed E-state index contributed by atoms with van der Waals surface area (Å²) in [6.45, 7) is 7.96. The van der Waals surface area contributed by atoms with Gasteiger partial charge in [-0.2, -0.15) is 0 Å². The highest BCUT2D eigenvalue weighted by atomic mass is 16.1. The van der Waals surface area contributed by atoms with Crippen molar-refractivity contribution in [2.24, 2.45) is 0 Å². The van der Waals surface area contributed by atoms with E-state index in [4.69, 9.17) is 0 Å². The van der Waals surface area contributed by atoms with Crippen LogP contribution >= 0.6 is 0 Å². The van der Waals surface area contributed by atoms with E-state index in [1.54, 1.807) is 0 Å². The molecular formula is C16H27N3O. The number of pyridine rings is 1. The summed E-state index contributed by atoms with van der Waals surface area (Å²) in [6, 6.07) is 3.75. The summed E-state index contributed by atoms with van der Waals surface area (Å²) in [7, 11) is 0. The van der Waals surface area contributed by atoms with Gasteiger partial charge < -0.3 is 10.6 Å². The number of aryl methyl sites for hydroxylation is 1. The Morgan fingerprint density at radius 1 is 1.10 bits per heavy atom. The largest absolute Gasteiger partial charge is 0.370 e. The molecule has 0 aliphatic heterocycles. The molecule has 4 nitrogen and oxygen atoms in total. The van der Waals surface area contributed by atoms with Crippen LogP contribution in [0.1, 0.15) is 62.5 Å². The number of anilines is 1. The molecule has 1 amide bonds. The van der Waals surface area contributed by atoms with Crippen LogP contribution in [-0.4, -0.2) is 24.0 Å². The molecular weight excluding hydrogens is 250 g/mol. The third-order valence-electron chi connectivity index (χ3n) is 3.02. The predicted molar refractivity (Wildman–Crippen MR) is 84.3 cm³/mol. The van der Waals surface area contributed by atoms with Gasteiger partial charge in [-0.25, -0.2) is 4.98 Å². The minimum atomic E-state index is -0.00208. The highest BCUT2D eigenvalue weighted by Crippen LogP contribution is 2.12. The van der Waals surface area contributed by atoms with Gasteiger partial charge in [0.25, 0.3) is 5.91 Å². The van der Waals surface area contributed by atoms with E-state index in [9.17, 15) is 4.79 Å². The fraction of sp³-hybridized carbons (Fsp3) is 0.625. The quantitative estimate of drug-likeness (QED) is 0.680. The average molecular weight is 277 g/mol. The minimum Gasteiger partial charge on any atom is -0.370 e. The molecule has 0 aliphatic carbocycles. The van der Waals surface area contributed by atoms with Crippen LogP contribution in [0, 0.1) is 0 Å². The van der Waals surface area contributed by atoms with Gasteiger partial charge in [0.1, 0.15) is 5.82 Å². The molecule has 0 spiro atoms. The van der Waals surface area contributed by atoms with Crippen LogP contribution in [0.2, 0.25) is 0 Å². The second-order valence-corrected chi connectivity index (χ2v) is 5.02. The number of amides is 1. The van der Waals surface area contributed by atoms with Crippen molar-refractivity contribution < 1.29 is 4.79 Å². The summed E-state index contributed by atoms with van der Waals surface area (Å²) in [4.78, 5) is 16.7. The predicted octanol–water partition coefficient (Wildman–Crippen LogP) is 3.39. The Kier molecular flexibility index (Phi) is 7.70. The van der Waals surface area contributed by atoms with Crippen molar-refractivity contribution in [3.8, 4) is 0 Å². The summed E-state index contributed by atoms with van der Waals surface area (Å²) in [5.74, 6) is 0.802. The molecule has 1 aromatic rings. The lowest BCUT2D eigenvalue weighted by Crippen LogP contribution is -2.24. The second-order valence-electron chi connectivity index (χ2n) is 5.02. The zero-order chi connectivity index (χ0) is 14.8. The van der Waals surface area contributed by atoms with Gasteiger partial charge in [0.05, 0.1) is 0 Å². The SMILES string of the molecule is CCCCNC(=O)c1cc(CCC)nc(NCCC)c1. The lowest BCUT2D eigenvalue weighted by Gasteiger charge is -2.10. The van der Waals surface area contributed by atoms with Crippen molar-refractivity contribution in [3.05, 3.63) is 23.4 Å². The number of hydrogen-bond donors (Lipinski definition) is 2. The van der Waals surface area contributed by atoms with Gasteiger partial charge in [-0.15, -0.1) is 0 Å². The molecule has 0 unspecified atom stereocenters. The fourth-order valence-corrected chi connectivity index (χ4v) is 1.93. The van der Waals surface area contributed by atoms with Crippen LogP contribution in [0.4, 0.5) is 5.82 Å². The number of carbonyl (C=O) groups is 1. The van der Waals surface area contributed by atoms with E-state index in [1.165, 1.54) is 0 Å². The maximum absolute atomic E-state index is 12.1. The standard InChI is InChI=1S/C16H27N3O/c1-4-7-10-18-16(20)13-11-14(8-5-2)19-15(12-13)17-9-6-3/h11-12H,4-10H2,1-3H3,(H,17,19)(H,18,20). The molecule has 4 heteroatoms. The molecule has 0 saturated carbocycles. The third kappa shape index (κ3) is 5.59. The number of nitrogens with one attached hydrogen (secondary N) is 2. The Morgan fingerprint density at radius 2 is 1.90 bits per heavy atom. The normalized spacial score (nSPS) is 10.3. The first-order valence-corrected chi connectivity index (χ1v) is 7.74. The van der Waals surface area contributed by atoms with Gasteiger partial charge in [0.15, 0.2) is 0 Å². The third-order valence-corrected chi connectivity index (χ3v) is 3.02. The van der Waals surface area contributed by atoms with Crippen LogP contribution in [0.25, 0.3) is 0 Å². The summed E-state index contributed by atoms with van der Waals surface area (Å²) in [5, 5.41) is 6.22. The van der Waals surface area contributed by atoms with E-state index in [0.717, 1.165) is 56.7 Å². The highest BCUT2D eigenvalue weighted by Gasteiger charge is 2.09. The van der Waals surface area contributed by atoms with Gasteiger partial charge in [-0.05, 0) is 31.4 Å². The van der Waals surface area contributed by atoms with Crippen LogP contribution in [0.3, 0.4) is 0 Å². The lowest BCUT2D eigenvalue weighted by atomic mass is 10.1. The van der Waals surface area contributed by atoms with Crippen LogP contribution in [0.15, 0.2) is 12.1 Å². The van der Waals surface area contributed by atoms with E-state index in [2.05, 4.69) is 36.4 Å². The number of hydrogen-bond acceptors (Lipinski definition) is 3. The van der Waals surface area contributed by atoms with Gasteiger partial charge >= 0.3 is 0 Å². The van der Waals surface area contributed by atoms with Gasteiger partial charge in [-0.3, -0.25) is 4.79 Å². The average Bonchev–Trinajstić information content (AvgIpc) is 2.45. The summed E-state index contributed by atoms with van der Waals surface area (Å²) in [6.07, 6.45) is 5.07. The molecule has 0 bridgehead atoms. The zero-order valence-corrected chi connectivity index (χ0v) is 13.0. The van der Waals surface area contributed by atoms with Crippen molar-refractivity contribution in [1.82, 2.24) is 10.3 Å². The van der Waals surface area contributed by atoms with Gasteiger partial charge in [-0.1, -0.05) is 33.6 Å². The molecule has 1 aromatic heterocycles. The van der Waals surface area contributed by atoms with Crippen molar-refractivity contribution in [2.75, 3.05) is 18.4 Å². The molecule has 0 fully saturated rings.